The zero-order valence-corrected chi connectivity index (χ0v) is 13.8. The van der Waals surface area contributed by atoms with Crippen LogP contribution < -0.4 is 4.74 Å². The van der Waals surface area contributed by atoms with Gasteiger partial charge in [0.25, 0.3) is 23.5 Å². The molecule has 2 amide bonds. The molecular formula is C17H16N2O6. The number of benzene rings is 1. The number of esters is 1. The Morgan fingerprint density at radius 1 is 1.12 bits per heavy atom. The Balaban J connectivity index is 1.95. The summed E-state index contributed by atoms with van der Waals surface area (Å²) in [6.07, 6.45) is 0. The van der Waals surface area contributed by atoms with Gasteiger partial charge in [-0.25, -0.2) is 4.79 Å². The molecule has 25 heavy (non-hydrogen) atoms. The van der Waals surface area contributed by atoms with Gasteiger partial charge in [0.2, 0.25) is 0 Å². The molecule has 0 unspecified atom stereocenters. The van der Waals surface area contributed by atoms with Crippen LogP contribution >= 0.6 is 0 Å². The van der Waals surface area contributed by atoms with E-state index in [-0.39, 0.29) is 37.0 Å². The normalized spacial score (nSPS) is 13.1. The lowest BCUT2D eigenvalue weighted by Gasteiger charge is -2.14. The first-order valence-corrected chi connectivity index (χ1v) is 7.82. The Morgan fingerprint density at radius 3 is 2.32 bits per heavy atom. The second-order valence-electron chi connectivity index (χ2n) is 5.19. The number of carbonyl (C=O) groups is 3. The third-order valence-electron chi connectivity index (χ3n) is 3.69. The number of imide groups is 1. The Labute approximate surface area is 143 Å². The fraction of sp³-hybridized carbons (Fsp3) is 0.294. The minimum atomic E-state index is -0.729. The maximum Gasteiger partial charge on any atom is 0.377 e. The van der Waals surface area contributed by atoms with Crippen molar-refractivity contribution in [1.82, 2.24) is 10.1 Å². The molecule has 2 heterocycles. The van der Waals surface area contributed by atoms with Crippen LogP contribution in [-0.2, 0) is 11.3 Å². The number of carbonyl (C=O) groups excluding carboxylic acids is 3. The van der Waals surface area contributed by atoms with Crippen LogP contribution in [0.15, 0.2) is 28.8 Å². The van der Waals surface area contributed by atoms with Gasteiger partial charge >= 0.3 is 5.97 Å². The molecule has 0 spiro atoms. The summed E-state index contributed by atoms with van der Waals surface area (Å²) in [7, 11) is 0. The molecule has 0 aliphatic carbocycles. The number of rotatable bonds is 6. The van der Waals surface area contributed by atoms with Gasteiger partial charge in [0.05, 0.1) is 36.4 Å². The number of aromatic nitrogens is 1. The molecule has 0 saturated carbocycles. The van der Waals surface area contributed by atoms with Gasteiger partial charge in [-0.3, -0.25) is 14.5 Å². The predicted molar refractivity (Wildman–Crippen MR) is 84.3 cm³/mol. The van der Waals surface area contributed by atoms with Crippen molar-refractivity contribution in [3.05, 3.63) is 46.7 Å². The molecular weight excluding hydrogens is 328 g/mol. The minimum Gasteiger partial charge on any atom is -0.476 e. The molecule has 130 valence electrons. The van der Waals surface area contributed by atoms with Crippen molar-refractivity contribution in [2.75, 3.05) is 13.2 Å². The summed E-state index contributed by atoms with van der Waals surface area (Å²) in [6, 6.07) is 6.53. The molecule has 1 aromatic heterocycles. The van der Waals surface area contributed by atoms with Crippen molar-refractivity contribution in [1.29, 1.82) is 0 Å². The summed E-state index contributed by atoms with van der Waals surface area (Å²) >= 11 is 0. The molecule has 1 aromatic carbocycles. The van der Waals surface area contributed by atoms with Crippen molar-refractivity contribution >= 4 is 17.8 Å². The fourth-order valence-electron chi connectivity index (χ4n) is 2.58. The molecule has 0 radical (unpaired) electrons. The summed E-state index contributed by atoms with van der Waals surface area (Å²) in [4.78, 5) is 38.1. The van der Waals surface area contributed by atoms with E-state index in [2.05, 4.69) is 5.16 Å². The SMILES string of the molecule is CCOC(=O)c1onc(OCC)c1CN1C(=O)c2ccccc2C1=O. The van der Waals surface area contributed by atoms with Crippen molar-refractivity contribution in [3.63, 3.8) is 0 Å². The Bertz CT molecular complexity index is 806. The van der Waals surface area contributed by atoms with E-state index in [4.69, 9.17) is 14.0 Å². The van der Waals surface area contributed by atoms with Crippen LogP contribution in [0.3, 0.4) is 0 Å². The first kappa shape index (κ1) is 16.7. The van der Waals surface area contributed by atoms with E-state index in [1.54, 1.807) is 38.1 Å². The van der Waals surface area contributed by atoms with E-state index < -0.39 is 17.8 Å². The molecule has 0 atom stereocenters. The van der Waals surface area contributed by atoms with E-state index in [0.717, 1.165) is 4.90 Å². The van der Waals surface area contributed by atoms with E-state index >= 15 is 0 Å². The number of ether oxygens (including phenoxy) is 2. The van der Waals surface area contributed by atoms with Crippen LogP contribution in [0.2, 0.25) is 0 Å². The van der Waals surface area contributed by atoms with Crippen LogP contribution in [0.4, 0.5) is 0 Å². The van der Waals surface area contributed by atoms with Gasteiger partial charge in [-0.05, 0) is 31.1 Å². The van der Waals surface area contributed by atoms with E-state index in [0.29, 0.717) is 11.1 Å². The molecule has 0 N–H and O–H groups in total. The van der Waals surface area contributed by atoms with Gasteiger partial charge in [-0.15, -0.1) is 0 Å². The fourth-order valence-corrected chi connectivity index (χ4v) is 2.58. The van der Waals surface area contributed by atoms with Crippen LogP contribution in [-0.4, -0.2) is 41.1 Å². The first-order valence-electron chi connectivity index (χ1n) is 7.82. The zero-order valence-electron chi connectivity index (χ0n) is 13.8. The highest BCUT2D eigenvalue weighted by molar-refractivity contribution is 6.21. The standard InChI is InChI=1S/C17H16N2O6/c1-3-23-14-12(13(25-18-14)17(22)24-4-2)9-19-15(20)10-7-5-6-8-11(10)16(19)21/h5-8H,3-4,9H2,1-2H3. The molecule has 8 heteroatoms. The summed E-state index contributed by atoms with van der Waals surface area (Å²) in [6.45, 7) is 3.63. The molecule has 3 rings (SSSR count). The maximum absolute atomic E-state index is 12.5. The quantitative estimate of drug-likeness (QED) is 0.584. The van der Waals surface area contributed by atoms with Crippen LogP contribution in [0.5, 0.6) is 5.88 Å². The second-order valence-corrected chi connectivity index (χ2v) is 5.19. The van der Waals surface area contributed by atoms with Crippen LogP contribution in [0.1, 0.15) is 50.7 Å². The summed E-state index contributed by atoms with van der Waals surface area (Å²) in [5.74, 6) is -1.74. The van der Waals surface area contributed by atoms with Crippen molar-refractivity contribution in [2.45, 2.75) is 20.4 Å². The van der Waals surface area contributed by atoms with Crippen molar-refractivity contribution < 1.29 is 28.4 Å². The molecule has 0 bridgehead atoms. The van der Waals surface area contributed by atoms with Gasteiger partial charge in [0, 0.05) is 0 Å². The highest BCUT2D eigenvalue weighted by atomic mass is 16.6. The van der Waals surface area contributed by atoms with Gasteiger partial charge in [-0.2, -0.15) is 0 Å². The lowest BCUT2D eigenvalue weighted by Crippen LogP contribution is -2.30. The highest BCUT2D eigenvalue weighted by Gasteiger charge is 2.38. The maximum atomic E-state index is 12.5. The highest BCUT2D eigenvalue weighted by Crippen LogP contribution is 2.29. The molecule has 8 nitrogen and oxygen atoms in total. The Kier molecular flexibility index (Phi) is 4.51. The Hall–Kier alpha value is -3.16. The summed E-state index contributed by atoms with van der Waals surface area (Å²) in [5, 5.41) is 3.70. The molecule has 0 saturated heterocycles. The van der Waals surface area contributed by atoms with Crippen molar-refractivity contribution in [3.8, 4) is 5.88 Å². The molecule has 0 fully saturated rings. The average Bonchev–Trinajstić information content (AvgIpc) is 3.11. The van der Waals surface area contributed by atoms with E-state index in [1.165, 1.54) is 0 Å². The minimum absolute atomic E-state index is 0.0575. The molecule has 2 aromatic rings. The molecule has 1 aliphatic rings. The number of fused-ring (bicyclic) bond motifs is 1. The number of amides is 2. The lowest BCUT2D eigenvalue weighted by atomic mass is 10.1. The Morgan fingerprint density at radius 2 is 1.76 bits per heavy atom. The van der Waals surface area contributed by atoms with Gasteiger partial charge in [-0.1, -0.05) is 12.1 Å². The van der Waals surface area contributed by atoms with Gasteiger partial charge in [0.1, 0.15) is 0 Å². The topological polar surface area (TPSA) is 98.9 Å². The van der Waals surface area contributed by atoms with Crippen LogP contribution in [0.25, 0.3) is 0 Å². The van der Waals surface area contributed by atoms with Gasteiger partial charge < -0.3 is 14.0 Å². The number of hydrogen-bond acceptors (Lipinski definition) is 7. The smallest absolute Gasteiger partial charge is 0.377 e. The molecule has 1 aliphatic heterocycles. The largest absolute Gasteiger partial charge is 0.476 e. The summed E-state index contributed by atoms with van der Waals surface area (Å²) < 4.78 is 15.3. The number of hydrogen-bond donors (Lipinski definition) is 0. The first-order chi connectivity index (χ1) is 12.1. The average molecular weight is 344 g/mol. The van der Waals surface area contributed by atoms with E-state index in [9.17, 15) is 14.4 Å². The predicted octanol–water partition coefficient (Wildman–Crippen LogP) is 2.05. The second kappa shape index (κ2) is 6.76. The van der Waals surface area contributed by atoms with E-state index in [1.807, 2.05) is 0 Å². The van der Waals surface area contributed by atoms with Crippen LogP contribution in [0, 0.1) is 0 Å². The lowest BCUT2D eigenvalue weighted by molar-refractivity contribution is 0.0471. The third-order valence-corrected chi connectivity index (χ3v) is 3.69. The van der Waals surface area contributed by atoms with Gasteiger partial charge in [0.15, 0.2) is 0 Å². The monoisotopic (exact) mass is 344 g/mol. The summed E-state index contributed by atoms with van der Waals surface area (Å²) in [5.41, 5.74) is 0.842. The van der Waals surface area contributed by atoms with Crippen molar-refractivity contribution in [2.24, 2.45) is 0 Å². The third kappa shape index (κ3) is 2.86. The zero-order chi connectivity index (χ0) is 18.0. The number of nitrogens with zero attached hydrogens (tertiary/aromatic N) is 2.